The molecule has 2 heterocycles. The lowest BCUT2D eigenvalue weighted by molar-refractivity contribution is 0.165. The maximum Gasteiger partial charge on any atom is 0.329 e. The number of H-pyrrole nitrogens is 1. The van der Waals surface area contributed by atoms with Crippen LogP contribution in [0.1, 0.15) is 19.3 Å². The average molecular weight is 258 g/mol. The normalized spacial score (nSPS) is 21.6. The molecule has 1 fully saturated rings. The third kappa shape index (κ3) is 2.79. The Morgan fingerprint density at radius 2 is 2.24 bits per heavy atom. The van der Waals surface area contributed by atoms with Crippen molar-refractivity contribution in [2.75, 3.05) is 13.6 Å². The summed E-state index contributed by atoms with van der Waals surface area (Å²) in [7, 11) is 2.03. The van der Waals surface area contributed by atoms with Gasteiger partial charge in [-0.15, -0.1) is 0 Å². The molecule has 0 spiro atoms. The molecule has 17 heavy (non-hydrogen) atoms. The molecule has 0 aromatic carbocycles. The summed E-state index contributed by atoms with van der Waals surface area (Å²) in [5, 5.41) is 0.0910. The third-order valence-corrected chi connectivity index (χ3v) is 3.51. The zero-order chi connectivity index (χ0) is 12.4. The van der Waals surface area contributed by atoms with Gasteiger partial charge in [0.25, 0.3) is 5.56 Å². The number of aromatic nitrogens is 2. The molecule has 1 saturated heterocycles. The van der Waals surface area contributed by atoms with Crippen LogP contribution in [0.4, 0.5) is 0 Å². The van der Waals surface area contributed by atoms with E-state index in [4.69, 9.17) is 11.6 Å². The molecule has 0 saturated carbocycles. The highest BCUT2D eigenvalue weighted by Crippen LogP contribution is 2.15. The number of nitrogens with one attached hydrogen (secondary N) is 1. The predicted molar refractivity (Wildman–Crippen MR) is 66.6 cm³/mol. The summed E-state index contributed by atoms with van der Waals surface area (Å²) in [4.78, 5) is 28.0. The van der Waals surface area contributed by atoms with E-state index in [1.807, 2.05) is 7.05 Å². The van der Waals surface area contributed by atoms with Crippen LogP contribution in [0.5, 0.6) is 0 Å². The molecule has 1 aliphatic rings. The van der Waals surface area contributed by atoms with Crippen LogP contribution in [0.2, 0.25) is 5.15 Å². The Hall–Kier alpha value is -1.07. The van der Waals surface area contributed by atoms with Crippen LogP contribution in [-0.4, -0.2) is 34.1 Å². The van der Waals surface area contributed by atoms with E-state index in [0.717, 1.165) is 19.4 Å². The number of piperidine rings is 1. The van der Waals surface area contributed by atoms with E-state index in [1.165, 1.54) is 17.1 Å². The van der Waals surface area contributed by atoms with Crippen molar-refractivity contribution in [2.24, 2.45) is 0 Å². The summed E-state index contributed by atoms with van der Waals surface area (Å²) in [6, 6.07) is 1.50. The first-order valence-corrected chi connectivity index (χ1v) is 6.15. The average Bonchev–Trinajstić information content (AvgIpc) is 2.25. The number of halogens is 1. The maximum absolute atomic E-state index is 11.7. The van der Waals surface area contributed by atoms with Crippen LogP contribution < -0.4 is 11.2 Å². The summed E-state index contributed by atoms with van der Waals surface area (Å²) in [6.45, 7) is 1.45. The number of likely N-dealkylation sites (tertiary alicyclic amines) is 1. The van der Waals surface area contributed by atoms with Gasteiger partial charge < -0.3 is 4.90 Å². The highest BCUT2D eigenvalue weighted by atomic mass is 35.5. The van der Waals surface area contributed by atoms with Gasteiger partial charge in [-0.2, -0.15) is 0 Å². The van der Waals surface area contributed by atoms with Crippen molar-refractivity contribution in [3.8, 4) is 0 Å². The van der Waals surface area contributed by atoms with Gasteiger partial charge in [0.15, 0.2) is 0 Å². The Morgan fingerprint density at radius 3 is 2.88 bits per heavy atom. The van der Waals surface area contributed by atoms with E-state index in [2.05, 4.69) is 9.88 Å². The number of rotatable bonds is 2. The summed E-state index contributed by atoms with van der Waals surface area (Å²) >= 11 is 5.61. The van der Waals surface area contributed by atoms with E-state index in [0.29, 0.717) is 6.54 Å². The lowest BCUT2D eigenvalue weighted by Crippen LogP contribution is -2.45. The van der Waals surface area contributed by atoms with Gasteiger partial charge in [0.05, 0.1) is 0 Å². The molecule has 5 nitrogen and oxygen atoms in total. The van der Waals surface area contributed by atoms with E-state index in [-0.39, 0.29) is 16.8 Å². The van der Waals surface area contributed by atoms with E-state index in [1.54, 1.807) is 0 Å². The molecule has 94 valence electrons. The minimum Gasteiger partial charge on any atom is -0.302 e. The van der Waals surface area contributed by atoms with Crippen molar-refractivity contribution < 1.29 is 0 Å². The molecule has 2 rings (SSSR count). The summed E-state index contributed by atoms with van der Waals surface area (Å²) in [6.07, 6.45) is 3.35. The largest absolute Gasteiger partial charge is 0.329 e. The molecule has 1 aliphatic heterocycles. The number of hydrogen-bond donors (Lipinski definition) is 1. The second-order valence-corrected chi connectivity index (χ2v) is 4.91. The first kappa shape index (κ1) is 12.4. The molecule has 1 aromatic rings. The Morgan fingerprint density at radius 1 is 1.47 bits per heavy atom. The topological polar surface area (TPSA) is 58.1 Å². The number of likely N-dealkylation sites (N-methyl/N-ethyl adjacent to an activating group) is 1. The van der Waals surface area contributed by atoms with Crippen molar-refractivity contribution in [2.45, 2.75) is 31.8 Å². The number of aromatic amines is 1. The summed E-state index contributed by atoms with van der Waals surface area (Å²) in [5.41, 5.74) is -0.765. The van der Waals surface area contributed by atoms with E-state index >= 15 is 0 Å². The van der Waals surface area contributed by atoms with Gasteiger partial charge in [-0.3, -0.25) is 14.3 Å². The third-order valence-electron chi connectivity index (χ3n) is 3.30. The van der Waals surface area contributed by atoms with Crippen LogP contribution in [-0.2, 0) is 6.54 Å². The minimum absolute atomic E-state index is 0.0910. The molecular formula is C11H16ClN3O2. The fourth-order valence-electron chi connectivity index (χ4n) is 2.25. The van der Waals surface area contributed by atoms with Crippen molar-refractivity contribution in [1.82, 2.24) is 14.5 Å². The standard InChI is InChI=1S/C11H16ClN3O2/c1-14-5-3-2-4-8(14)7-15-10(16)6-9(12)13-11(15)17/h6,8H,2-5,7H2,1H3,(H,13,17). The lowest BCUT2D eigenvalue weighted by atomic mass is 10.0. The molecule has 1 N–H and O–H groups in total. The molecule has 0 radical (unpaired) electrons. The van der Waals surface area contributed by atoms with Crippen LogP contribution in [0.15, 0.2) is 15.7 Å². The fourth-order valence-corrected chi connectivity index (χ4v) is 2.42. The van der Waals surface area contributed by atoms with Crippen molar-refractivity contribution in [3.63, 3.8) is 0 Å². The Kier molecular flexibility index (Phi) is 3.69. The van der Waals surface area contributed by atoms with Gasteiger partial charge in [0, 0.05) is 18.7 Å². The monoisotopic (exact) mass is 257 g/mol. The molecule has 1 atom stereocenters. The van der Waals surface area contributed by atoms with Gasteiger partial charge >= 0.3 is 5.69 Å². The second-order valence-electron chi connectivity index (χ2n) is 4.50. The lowest BCUT2D eigenvalue weighted by Gasteiger charge is -2.32. The zero-order valence-electron chi connectivity index (χ0n) is 9.78. The first-order chi connectivity index (χ1) is 8.08. The highest BCUT2D eigenvalue weighted by molar-refractivity contribution is 6.29. The van der Waals surface area contributed by atoms with Crippen LogP contribution >= 0.6 is 11.6 Å². The van der Waals surface area contributed by atoms with Gasteiger partial charge in [-0.05, 0) is 26.4 Å². The first-order valence-electron chi connectivity index (χ1n) is 5.78. The summed E-state index contributed by atoms with van der Waals surface area (Å²) in [5.74, 6) is 0. The smallest absolute Gasteiger partial charge is 0.302 e. The Balaban J connectivity index is 2.24. The van der Waals surface area contributed by atoms with Crippen molar-refractivity contribution in [1.29, 1.82) is 0 Å². The minimum atomic E-state index is -0.429. The van der Waals surface area contributed by atoms with Gasteiger partial charge in [-0.25, -0.2) is 4.79 Å². The molecule has 0 aliphatic carbocycles. The zero-order valence-corrected chi connectivity index (χ0v) is 10.5. The molecule has 0 amide bonds. The molecule has 1 unspecified atom stereocenters. The number of hydrogen-bond acceptors (Lipinski definition) is 3. The Bertz CT molecular complexity index is 477. The number of nitrogens with zero attached hydrogens (tertiary/aromatic N) is 2. The SMILES string of the molecule is CN1CCCCC1Cn1c(=O)cc(Cl)[nH]c1=O. The fraction of sp³-hybridized carbons (Fsp3) is 0.636. The highest BCUT2D eigenvalue weighted by Gasteiger charge is 2.20. The second kappa shape index (κ2) is 5.06. The van der Waals surface area contributed by atoms with E-state index < -0.39 is 5.69 Å². The van der Waals surface area contributed by atoms with Gasteiger partial charge in [0.2, 0.25) is 0 Å². The molecule has 6 heteroatoms. The molecule has 1 aromatic heterocycles. The quantitative estimate of drug-likeness (QED) is 0.793. The van der Waals surface area contributed by atoms with E-state index in [9.17, 15) is 9.59 Å². The Labute approximate surface area is 104 Å². The van der Waals surface area contributed by atoms with Crippen molar-refractivity contribution >= 4 is 11.6 Å². The predicted octanol–water partition coefficient (Wildman–Crippen LogP) is 0.674. The summed E-state index contributed by atoms with van der Waals surface area (Å²) < 4.78 is 1.22. The van der Waals surface area contributed by atoms with Crippen LogP contribution in [0.3, 0.4) is 0 Å². The van der Waals surface area contributed by atoms with Crippen molar-refractivity contribution in [3.05, 3.63) is 32.1 Å². The van der Waals surface area contributed by atoms with Crippen LogP contribution in [0, 0.1) is 0 Å². The molecular weight excluding hydrogens is 242 g/mol. The molecule has 0 bridgehead atoms. The van der Waals surface area contributed by atoms with Gasteiger partial charge in [-0.1, -0.05) is 18.0 Å². The van der Waals surface area contributed by atoms with Gasteiger partial charge in [0.1, 0.15) is 5.15 Å². The van der Waals surface area contributed by atoms with Crippen LogP contribution in [0.25, 0.3) is 0 Å². The maximum atomic E-state index is 11.7.